The van der Waals surface area contributed by atoms with Crippen LogP contribution < -0.4 is 4.90 Å². The number of anilines is 1. The average molecular weight is 307 g/mol. The summed E-state index contributed by atoms with van der Waals surface area (Å²) in [6, 6.07) is 6.80. The Balaban J connectivity index is 1.93. The van der Waals surface area contributed by atoms with Gasteiger partial charge in [0.25, 0.3) is 0 Å². The van der Waals surface area contributed by atoms with Crippen molar-refractivity contribution in [2.45, 2.75) is 39.9 Å². The van der Waals surface area contributed by atoms with Crippen LogP contribution in [0.4, 0.5) is 5.69 Å². The highest BCUT2D eigenvalue weighted by Gasteiger charge is 2.28. The molecule has 0 bridgehead atoms. The molecule has 1 aliphatic rings. The van der Waals surface area contributed by atoms with Crippen molar-refractivity contribution < 1.29 is 4.42 Å². The Bertz CT molecular complexity index is 910. The van der Waals surface area contributed by atoms with E-state index in [2.05, 4.69) is 67.0 Å². The summed E-state index contributed by atoms with van der Waals surface area (Å²) in [5.74, 6) is 0. The van der Waals surface area contributed by atoms with Crippen molar-refractivity contribution in [1.82, 2.24) is 9.88 Å². The van der Waals surface area contributed by atoms with E-state index in [-0.39, 0.29) is 6.17 Å². The summed E-state index contributed by atoms with van der Waals surface area (Å²) >= 11 is 0. The van der Waals surface area contributed by atoms with Gasteiger partial charge in [-0.25, -0.2) is 0 Å². The van der Waals surface area contributed by atoms with Gasteiger partial charge in [-0.15, -0.1) is 0 Å². The number of aromatic nitrogens is 1. The van der Waals surface area contributed by atoms with Crippen LogP contribution in [0.1, 0.15) is 26.3 Å². The highest BCUT2D eigenvalue weighted by molar-refractivity contribution is 6.09. The van der Waals surface area contributed by atoms with E-state index in [4.69, 9.17) is 4.42 Å². The van der Waals surface area contributed by atoms with Crippen LogP contribution in [0.25, 0.3) is 21.9 Å². The molecule has 3 heterocycles. The van der Waals surface area contributed by atoms with Crippen LogP contribution in [-0.4, -0.2) is 22.1 Å². The second-order valence-corrected chi connectivity index (χ2v) is 6.46. The number of furan rings is 1. The van der Waals surface area contributed by atoms with Crippen LogP contribution in [0.5, 0.6) is 0 Å². The molecule has 3 aromatic rings. The molecule has 2 aromatic heterocycles. The summed E-state index contributed by atoms with van der Waals surface area (Å²) < 4.78 is 6.16. The molecule has 0 amide bonds. The first-order chi connectivity index (χ1) is 11.1. The fourth-order valence-electron chi connectivity index (χ4n) is 3.51. The van der Waals surface area contributed by atoms with Gasteiger partial charge in [-0.2, -0.15) is 0 Å². The predicted octanol–water partition coefficient (Wildman–Crippen LogP) is 4.64. The molecule has 4 rings (SSSR count). The Labute approximate surface area is 136 Å². The first-order valence-corrected chi connectivity index (χ1v) is 8.08. The standard InChI is InChI=1S/C19H21N3O/c1-12(2)21-9-10-22(14(21)4)18-13(3)5-6-16-15-7-8-20-11-17(15)23-19(16)18/h5-12,14H,1-4H3/t14-/m0/s1. The maximum absolute atomic E-state index is 6.16. The summed E-state index contributed by atoms with van der Waals surface area (Å²) in [6.07, 6.45) is 8.19. The maximum Gasteiger partial charge on any atom is 0.159 e. The second kappa shape index (κ2) is 5.01. The normalized spacial score (nSPS) is 18.0. The van der Waals surface area contributed by atoms with E-state index in [0.717, 1.165) is 27.6 Å². The molecule has 0 radical (unpaired) electrons. The zero-order valence-electron chi connectivity index (χ0n) is 13.9. The van der Waals surface area contributed by atoms with Crippen LogP contribution in [0.15, 0.2) is 47.4 Å². The van der Waals surface area contributed by atoms with E-state index in [1.165, 1.54) is 5.56 Å². The van der Waals surface area contributed by atoms with E-state index < -0.39 is 0 Å². The smallest absolute Gasteiger partial charge is 0.159 e. The summed E-state index contributed by atoms with van der Waals surface area (Å²) in [5, 5.41) is 2.26. The van der Waals surface area contributed by atoms with Crippen molar-refractivity contribution in [3.8, 4) is 0 Å². The van der Waals surface area contributed by atoms with Gasteiger partial charge in [0.15, 0.2) is 11.2 Å². The topological polar surface area (TPSA) is 32.5 Å². The van der Waals surface area contributed by atoms with Crippen molar-refractivity contribution >= 4 is 27.6 Å². The maximum atomic E-state index is 6.16. The van der Waals surface area contributed by atoms with E-state index in [1.807, 2.05) is 12.3 Å². The number of hydrogen-bond donors (Lipinski definition) is 0. The number of benzene rings is 1. The largest absolute Gasteiger partial charge is 0.452 e. The molecule has 1 aromatic carbocycles. The van der Waals surface area contributed by atoms with Gasteiger partial charge in [0.05, 0.1) is 11.9 Å². The molecule has 0 saturated carbocycles. The van der Waals surface area contributed by atoms with Crippen molar-refractivity contribution in [3.05, 3.63) is 48.6 Å². The third kappa shape index (κ3) is 2.01. The van der Waals surface area contributed by atoms with Crippen molar-refractivity contribution in [2.75, 3.05) is 4.90 Å². The molecule has 0 spiro atoms. The molecule has 1 aliphatic heterocycles. The Kier molecular flexibility index (Phi) is 3.08. The van der Waals surface area contributed by atoms with Crippen molar-refractivity contribution in [3.63, 3.8) is 0 Å². The van der Waals surface area contributed by atoms with E-state index in [1.54, 1.807) is 6.20 Å². The Morgan fingerprint density at radius 3 is 2.70 bits per heavy atom. The lowest BCUT2D eigenvalue weighted by atomic mass is 10.1. The molecule has 0 saturated heterocycles. The lowest BCUT2D eigenvalue weighted by Crippen LogP contribution is -2.39. The minimum absolute atomic E-state index is 0.269. The highest BCUT2D eigenvalue weighted by atomic mass is 16.3. The third-order valence-electron chi connectivity index (χ3n) is 4.71. The van der Waals surface area contributed by atoms with Gasteiger partial charge in [-0.1, -0.05) is 12.1 Å². The van der Waals surface area contributed by atoms with Gasteiger partial charge in [0.1, 0.15) is 6.17 Å². The third-order valence-corrected chi connectivity index (χ3v) is 4.71. The molecule has 118 valence electrons. The number of hydrogen-bond acceptors (Lipinski definition) is 4. The van der Waals surface area contributed by atoms with Gasteiger partial charge in [-0.3, -0.25) is 4.98 Å². The molecular weight excluding hydrogens is 286 g/mol. The molecular formula is C19H21N3O. The average Bonchev–Trinajstić information content (AvgIpc) is 3.08. The minimum Gasteiger partial charge on any atom is -0.452 e. The fourth-order valence-corrected chi connectivity index (χ4v) is 3.51. The number of nitrogens with zero attached hydrogens (tertiary/aromatic N) is 3. The first-order valence-electron chi connectivity index (χ1n) is 8.08. The molecule has 4 heteroatoms. The van der Waals surface area contributed by atoms with Crippen LogP contribution in [0.2, 0.25) is 0 Å². The van der Waals surface area contributed by atoms with E-state index >= 15 is 0 Å². The molecule has 0 N–H and O–H groups in total. The number of pyridine rings is 1. The zero-order valence-corrected chi connectivity index (χ0v) is 13.9. The number of fused-ring (bicyclic) bond motifs is 3. The predicted molar refractivity (Wildman–Crippen MR) is 94.3 cm³/mol. The van der Waals surface area contributed by atoms with Gasteiger partial charge >= 0.3 is 0 Å². The molecule has 0 aliphatic carbocycles. The zero-order chi connectivity index (χ0) is 16.1. The van der Waals surface area contributed by atoms with Gasteiger partial charge in [0, 0.05) is 35.4 Å². The van der Waals surface area contributed by atoms with Crippen LogP contribution in [0, 0.1) is 6.92 Å². The number of rotatable bonds is 2. The van der Waals surface area contributed by atoms with Crippen LogP contribution in [-0.2, 0) is 0 Å². The summed E-state index contributed by atoms with van der Waals surface area (Å²) in [5.41, 5.74) is 4.14. The summed E-state index contributed by atoms with van der Waals surface area (Å²) in [6.45, 7) is 8.79. The molecule has 4 nitrogen and oxygen atoms in total. The molecule has 23 heavy (non-hydrogen) atoms. The minimum atomic E-state index is 0.269. The molecule has 0 fully saturated rings. The van der Waals surface area contributed by atoms with Gasteiger partial charge in [-0.05, 0) is 39.3 Å². The number of aryl methyl sites for hydroxylation is 1. The summed E-state index contributed by atoms with van der Waals surface area (Å²) in [7, 11) is 0. The van der Waals surface area contributed by atoms with Crippen LogP contribution >= 0.6 is 0 Å². The second-order valence-electron chi connectivity index (χ2n) is 6.46. The van der Waals surface area contributed by atoms with Crippen molar-refractivity contribution in [2.24, 2.45) is 0 Å². The lowest BCUT2D eigenvalue weighted by Gasteiger charge is -2.33. The molecule has 1 atom stereocenters. The highest BCUT2D eigenvalue weighted by Crippen LogP contribution is 2.39. The first kappa shape index (κ1) is 14.1. The van der Waals surface area contributed by atoms with Gasteiger partial charge < -0.3 is 14.2 Å². The fraction of sp³-hybridized carbons (Fsp3) is 0.316. The van der Waals surface area contributed by atoms with Crippen LogP contribution in [0.3, 0.4) is 0 Å². The van der Waals surface area contributed by atoms with Gasteiger partial charge in [0.2, 0.25) is 0 Å². The Morgan fingerprint density at radius 1 is 1.13 bits per heavy atom. The van der Waals surface area contributed by atoms with E-state index in [0.29, 0.717) is 6.04 Å². The van der Waals surface area contributed by atoms with Crippen molar-refractivity contribution in [1.29, 1.82) is 0 Å². The Morgan fingerprint density at radius 2 is 1.96 bits per heavy atom. The SMILES string of the molecule is Cc1ccc2c(oc3cnccc32)c1N1C=CN(C(C)C)[C@@H]1C. The monoisotopic (exact) mass is 307 g/mol. The molecule has 0 unspecified atom stereocenters. The van der Waals surface area contributed by atoms with E-state index in [9.17, 15) is 0 Å². The lowest BCUT2D eigenvalue weighted by molar-refractivity contribution is 0.263. The summed E-state index contributed by atoms with van der Waals surface area (Å²) in [4.78, 5) is 8.83. The quantitative estimate of drug-likeness (QED) is 0.690. The Hall–Kier alpha value is -2.49.